The van der Waals surface area contributed by atoms with E-state index in [2.05, 4.69) is 36.6 Å². The van der Waals surface area contributed by atoms with E-state index < -0.39 is 15.8 Å². The van der Waals surface area contributed by atoms with Gasteiger partial charge in [-0.3, -0.25) is 0 Å². The SMILES string of the molecule is CCN(C)CCNS(=O)(=O)c1c(Br)cc(F)cc1Br. The van der Waals surface area contributed by atoms with Crippen LogP contribution in [-0.4, -0.2) is 40.0 Å². The molecule has 19 heavy (non-hydrogen) atoms. The van der Waals surface area contributed by atoms with Crippen molar-refractivity contribution in [1.82, 2.24) is 9.62 Å². The maximum Gasteiger partial charge on any atom is 0.242 e. The van der Waals surface area contributed by atoms with Crippen LogP contribution in [0.3, 0.4) is 0 Å². The number of hydrogen-bond acceptors (Lipinski definition) is 3. The molecule has 0 bridgehead atoms. The van der Waals surface area contributed by atoms with Crippen molar-refractivity contribution in [3.63, 3.8) is 0 Å². The lowest BCUT2D eigenvalue weighted by molar-refractivity contribution is 0.358. The van der Waals surface area contributed by atoms with E-state index in [1.165, 1.54) is 0 Å². The van der Waals surface area contributed by atoms with Gasteiger partial charge < -0.3 is 4.90 Å². The highest BCUT2D eigenvalue weighted by Crippen LogP contribution is 2.30. The third-order valence-electron chi connectivity index (χ3n) is 2.56. The van der Waals surface area contributed by atoms with Crippen LogP contribution in [0.4, 0.5) is 4.39 Å². The lowest BCUT2D eigenvalue weighted by Gasteiger charge is -2.15. The number of halogens is 3. The fourth-order valence-corrected chi connectivity index (χ4v) is 4.93. The molecule has 0 aliphatic rings. The highest BCUT2D eigenvalue weighted by molar-refractivity contribution is 9.11. The Morgan fingerprint density at radius 1 is 1.32 bits per heavy atom. The Morgan fingerprint density at radius 3 is 2.32 bits per heavy atom. The highest BCUT2D eigenvalue weighted by Gasteiger charge is 2.21. The average molecular weight is 418 g/mol. The highest BCUT2D eigenvalue weighted by atomic mass is 79.9. The van der Waals surface area contributed by atoms with Gasteiger partial charge in [0.05, 0.1) is 0 Å². The van der Waals surface area contributed by atoms with Crippen molar-refractivity contribution in [3.05, 3.63) is 26.9 Å². The standard InChI is InChI=1S/C11H15Br2FN2O2S/c1-3-16(2)5-4-15-19(17,18)11-9(12)6-8(14)7-10(11)13/h6-7,15H,3-5H2,1-2H3. The molecular formula is C11H15Br2FN2O2S. The normalized spacial score (nSPS) is 12.1. The Hall–Kier alpha value is -0.0200. The predicted octanol–water partition coefficient (Wildman–Crippen LogP) is 2.58. The molecule has 1 aromatic rings. The molecular weight excluding hydrogens is 403 g/mol. The van der Waals surface area contributed by atoms with Crippen LogP contribution in [0.5, 0.6) is 0 Å². The second kappa shape index (κ2) is 7.12. The summed E-state index contributed by atoms with van der Waals surface area (Å²) in [5.41, 5.74) is 0. The summed E-state index contributed by atoms with van der Waals surface area (Å²) >= 11 is 6.14. The molecule has 0 saturated carbocycles. The van der Waals surface area contributed by atoms with Gasteiger partial charge in [0, 0.05) is 22.0 Å². The fourth-order valence-electron chi connectivity index (χ4n) is 1.39. The van der Waals surface area contributed by atoms with Gasteiger partial charge in [0.15, 0.2) is 0 Å². The van der Waals surface area contributed by atoms with E-state index in [0.29, 0.717) is 13.1 Å². The van der Waals surface area contributed by atoms with Crippen LogP contribution in [0, 0.1) is 5.82 Å². The first-order chi connectivity index (χ1) is 8.77. The number of sulfonamides is 1. The number of nitrogens with zero attached hydrogens (tertiary/aromatic N) is 1. The van der Waals surface area contributed by atoms with Crippen molar-refractivity contribution >= 4 is 41.9 Å². The second-order valence-corrected chi connectivity index (χ2v) is 7.40. The van der Waals surface area contributed by atoms with Gasteiger partial charge in [-0.1, -0.05) is 6.92 Å². The summed E-state index contributed by atoms with van der Waals surface area (Å²) in [5.74, 6) is -0.511. The van der Waals surface area contributed by atoms with E-state index in [9.17, 15) is 12.8 Å². The van der Waals surface area contributed by atoms with Crippen LogP contribution in [0.1, 0.15) is 6.92 Å². The van der Waals surface area contributed by atoms with Gasteiger partial charge >= 0.3 is 0 Å². The summed E-state index contributed by atoms with van der Waals surface area (Å²) in [6.45, 7) is 3.72. The van der Waals surface area contributed by atoms with E-state index in [-0.39, 0.29) is 13.8 Å². The molecule has 0 atom stereocenters. The summed E-state index contributed by atoms with van der Waals surface area (Å²) in [7, 11) is -1.78. The van der Waals surface area contributed by atoms with Gasteiger partial charge in [-0.15, -0.1) is 0 Å². The Labute approximate surface area is 129 Å². The van der Waals surface area contributed by atoms with Crippen LogP contribution in [0.2, 0.25) is 0 Å². The maximum atomic E-state index is 13.1. The number of benzene rings is 1. The minimum absolute atomic E-state index is 0.00746. The zero-order valence-electron chi connectivity index (χ0n) is 10.6. The monoisotopic (exact) mass is 416 g/mol. The van der Waals surface area contributed by atoms with Crippen LogP contribution in [0.25, 0.3) is 0 Å². The number of hydrogen-bond donors (Lipinski definition) is 1. The average Bonchev–Trinajstić information content (AvgIpc) is 2.26. The molecule has 4 nitrogen and oxygen atoms in total. The minimum atomic E-state index is -3.68. The molecule has 0 aliphatic heterocycles. The van der Waals surface area contributed by atoms with Gasteiger partial charge in [0.1, 0.15) is 10.7 Å². The Kier molecular flexibility index (Phi) is 6.38. The predicted molar refractivity (Wildman–Crippen MR) is 80.2 cm³/mol. The van der Waals surface area contributed by atoms with E-state index >= 15 is 0 Å². The van der Waals surface area contributed by atoms with Crippen molar-refractivity contribution in [3.8, 4) is 0 Å². The molecule has 0 saturated heterocycles. The summed E-state index contributed by atoms with van der Waals surface area (Å²) in [6, 6.07) is 2.25. The molecule has 0 spiro atoms. The van der Waals surface area contributed by atoms with Crippen molar-refractivity contribution in [1.29, 1.82) is 0 Å². The van der Waals surface area contributed by atoms with Crippen LogP contribution in [0.15, 0.2) is 26.0 Å². The smallest absolute Gasteiger partial charge is 0.242 e. The zero-order valence-corrected chi connectivity index (χ0v) is 14.6. The van der Waals surface area contributed by atoms with Crippen LogP contribution in [-0.2, 0) is 10.0 Å². The third-order valence-corrected chi connectivity index (χ3v) is 5.89. The van der Waals surface area contributed by atoms with Crippen molar-refractivity contribution in [2.45, 2.75) is 11.8 Å². The second-order valence-electron chi connectivity index (χ2n) is 3.99. The van der Waals surface area contributed by atoms with E-state index in [0.717, 1.165) is 18.7 Å². The minimum Gasteiger partial charge on any atom is -0.305 e. The molecule has 0 amide bonds. The van der Waals surface area contributed by atoms with Gasteiger partial charge in [-0.25, -0.2) is 17.5 Å². The molecule has 0 aliphatic carbocycles. The van der Waals surface area contributed by atoms with Gasteiger partial charge in [0.2, 0.25) is 10.0 Å². The molecule has 108 valence electrons. The maximum absolute atomic E-state index is 13.1. The van der Waals surface area contributed by atoms with E-state index in [1.807, 2.05) is 18.9 Å². The van der Waals surface area contributed by atoms with Gasteiger partial charge in [0.25, 0.3) is 0 Å². The van der Waals surface area contributed by atoms with Crippen molar-refractivity contribution in [2.75, 3.05) is 26.7 Å². The number of likely N-dealkylation sites (N-methyl/N-ethyl adjacent to an activating group) is 1. The quantitative estimate of drug-likeness (QED) is 0.773. The summed E-state index contributed by atoms with van der Waals surface area (Å²) in [6.07, 6.45) is 0. The summed E-state index contributed by atoms with van der Waals surface area (Å²) in [5, 5.41) is 0. The number of rotatable bonds is 6. The Balaban J connectivity index is 2.89. The molecule has 8 heteroatoms. The molecule has 1 aromatic carbocycles. The fraction of sp³-hybridized carbons (Fsp3) is 0.455. The van der Waals surface area contributed by atoms with Crippen molar-refractivity contribution < 1.29 is 12.8 Å². The van der Waals surface area contributed by atoms with E-state index in [4.69, 9.17) is 0 Å². The molecule has 1 N–H and O–H groups in total. The van der Waals surface area contributed by atoms with Crippen molar-refractivity contribution in [2.24, 2.45) is 0 Å². The molecule has 0 fully saturated rings. The summed E-state index contributed by atoms with van der Waals surface area (Å²) in [4.78, 5) is 1.99. The first kappa shape index (κ1) is 17.0. The first-order valence-corrected chi connectivity index (χ1v) is 8.67. The molecule has 0 heterocycles. The lowest BCUT2D eigenvalue weighted by Crippen LogP contribution is -2.33. The number of nitrogens with one attached hydrogen (secondary N) is 1. The molecule has 0 radical (unpaired) electrons. The third kappa shape index (κ3) is 4.78. The van der Waals surface area contributed by atoms with Crippen LogP contribution < -0.4 is 4.72 Å². The Morgan fingerprint density at radius 2 is 1.84 bits per heavy atom. The summed E-state index contributed by atoms with van der Waals surface area (Å²) < 4.78 is 40.3. The van der Waals surface area contributed by atoms with Gasteiger partial charge in [-0.2, -0.15) is 0 Å². The zero-order chi connectivity index (χ0) is 14.6. The first-order valence-electron chi connectivity index (χ1n) is 5.60. The molecule has 0 aromatic heterocycles. The largest absolute Gasteiger partial charge is 0.305 e. The van der Waals surface area contributed by atoms with Gasteiger partial charge in [-0.05, 0) is 57.6 Å². The van der Waals surface area contributed by atoms with E-state index in [1.54, 1.807) is 0 Å². The topological polar surface area (TPSA) is 49.4 Å². The Bertz CT molecular complexity index is 529. The van der Waals surface area contributed by atoms with Crippen LogP contribution >= 0.6 is 31.9 Å². The molecule has 0 unspecified atom stereocenters. The lowest BCUT2D eigenvalue weighted by atomic mass is 10.3. The molecule has 1 rings (SSSR count).